The van der Waals surface area contributed by atoms with E-state index in [4.69, 9.17) is 4.74 Å². The number of likely N-dealkylation sites (tertiary alicyclic amines) is 1. The molecule has 0 saturated carbocycles. The molecule has 1 aromatic rings. The van der Waals surface area contributed by atoms with Crippen LogP contribution in [0.1, 0.15) is 37.9 Å². The minimum absolute atomic E-state index is 0.0383. The molecule has 0 aliphatic carbocycles. The fourth-order valence-corrected chi connectivity index (χ4v) is 3.63. The Kier molecular flexibility index (Phi) is 5.87. The third-order valence-electron chi connectivity index (χ3n) is 5.15. The Hall–Kier alpha value is -1.43. The average Bonchev–Trinajstić information content (AvgIpc) is 2.92. The Morgan fingerprint density at radius 1 is 1.29 bits per heavy atom. The number of carbonyl (C=O) groups excluding carboxylic acids is 1. The number of carbonyl (C=O) groups is 1. The first kappa shape index (κ1) is 17.4. The molecule has 24 heavy (non-hydrogen) atoms. The highest BCUT2D eigenvalue weighted by Gasteiger charge is 2.32. The molecule has 2 saturated heterocycles. The maximum Gasteiger partial charge on any atom is 0.323 e. The van der Waals surface area contributed by atoms with Crippen molar-refractivity contribution < 1.29 is 14.6 Å². The van der Waals surface area contributed by atoms with E-state index in [0.717, 1.165) is 44.5 Å². The second-order valence-corrected chi connectivity index (χ2v) is 7.11. The van der Waals surface area contributed by atoms with E-state index in [1.807, 2.05) is 37.3 Å². The summed E-state index contributed by atoms with van der Waals surface area (Å²) >= 11 is 0. The molecule has 2 aliphatic heterocycles. The van der Waals surface area contributed by atoms with Crippen molar-refractivity contribution in [3.8, 4) is 0 Å². The van der Waals surface area contributed by atoms with E-state index < -0.39 is 6.10 Å². The third-order valence-corrected chi connectivity index (χ3v) is 5.15. The number of nitrogens with one attached hydrogen (secondary N) is 1. The molecule has 0 amide bonds. The number of esters is 1. The van der Waals surface area contributed by atoms with E-state index >= 15 is 0 Å². The quantitative estimate of drug-likeness (QED) is 0.777. The van der Waals surface area contributed by atoms with Crippen LogP contribution in [0.15, 0.2) is 30.3 Å². The summed E-state index contributed by atoms with van der Waals surface area (Å²) < 4.78 is 5.18. The second-order valence-electron chi connectivity index (χ2n) is 7.11. The number of cyclic esters (lactones) is 1. The molecule has 0 spiro atoms. The summed E-state index contributed by atoms with van der Waals surface area (Å²) in [6, 6.07) is 9.72. The van der Waals surface area contributed by atoms with Gasteiger partial charge in [-0.05, 0) is 50.9 Å². The van der Waals surface area contributed by atoms with Crippen molar-refractivity contribution in [2.75, 3.05) is 26.2 Å². The minimum Gasteiger partial charge on any atom is -0.461 e. The predicted molar refractivity (Wildman–Crippen MR) is 92.5 cm³/mol. The number of aliphatic hydroxyl groups is 1. The van der Waals surface area contributed by atoms with Gasteiger partial charge in [0.25, 0.3) is 0 Å². The molecule has 2 N–H and O–H groups in total. The Morgan fingerprint density at radius 3 is 2.62 bits per heavy atom. The summed E-state index contributed by atoms with van der Waals surface area (Å²) in [5, 5.41) is 13.7. The lowest BCUT2D eigenvalue weighted by Gasteiger charge is -2.33. The number of rotatable bonds is 6. The fourth-order valence-electron chi connectivity index (χ4n) is 3.63. The van der Waals surface area contributed by atoms with Gasteiger partial charge in [0.05, 0.1) is 6.10 Å². The average molecular weight is 332 g/mol. The predicted octanol–water partition coefficient (Wildman–Crippen LogP) is 1.73. The fraction of sp³-hybridized carbons (Fsp3) is 0.632. The maximum atomic E-state index is 11.6. The normalized spacial score (nSPS) is 27.2. The molecule has 2 aliphatic rings. The summed E-state index contributed by atoms with van der Waals surface area (Å²) in [4.78, 5) is 14.0. The lowest BCUT2D eigenvalue weighted by Crippen LogP contribution is -2.42. The zero-order valence-electron chi connectivity index (χ0n) is 14.4. The van der Waals surface area contributed by atoms with Gasteiger partial charge in [-0.1, -0.05) is 30.3 Å². The van der Waals surface area contributed by atoms with Crippen LogP contribution in [0.4, 0.5) is 0 Å². The van der Waals surface area contributed by atoms with Crippen LogP contribution < -0.4 is 5.32 Å². The Balaban J connectivity index is 1.37. The molecule has 0 radical (unpaired) electrons. The molecular formula is C19H28N2O3. The van der Waals surface area contributed by atoms with Gasteiger partial charge in [0, 0.05) is 13.0 Å². The molecule has 0 unspecified atom stereocenters. The summed E-state index contributed by atoms with van der Waals surface area (Å²) in [7, 11) is 0. The van der Waals surface area contributed by atoms with Crippen LogP contribution in [0.3, 0.4) is 0 Å². The molecule has 5 nitrogen and oxygen atoms in total. The highest BCUT2D eigenvalue weighted by Crippen LogP contribution is 2.21. The van der Waals surface area contributed by atoms with Crippen molar-refractivity contribution in [1.82, 2.24) is 10.2 Å². The molecule has 2 heterocycles. The van der Waals surface area contributed by atoms with Crippen molar-refractivity contribution >= 4 is 5.97 Å². The van der Waals surface area contributed by atoms with Crippen molar-refractivity contribution in [3.05, 3.63) is 35.9 Å². The first-order valence-electron chi connectivity index (χ1n) is 9.01. The van der Waals surface area contributed by atoms with Crippen molar-refractivity contribution in [2.24, 2.45) is 5.92 Å². The monoisotopic (exact) mass is 332 g/mol. The van der Waals surface area contributed by atoms with Gasteiger partial charge >= 0.3 is 5.97 Å². The molecule has 132 valence electrons. The van der Waals surface area contributed by atoms with Gasteiger partial charge in [0.1, 0.15) is 12.1 Å². The molecule has 0 bridgehead atoms. The Labute approximate surface area is 144 Å². The number of benzene rings is 1. The minimum atomic E-state index is -0.421. The number of hydrogen-bond acceptors (Lipinski definition) is 5. The van der Waals surface area contributed by atoms with E-state index in [1.165, 1.54) is 0 Å². The number of hydrogen-bond donors (Lipinski definition) is 2. The van der Waals surface area contributed by atoms with Crippen LogP contribution in [-0.2, 0) is 9.53 Å². The summed E-state index contributed by atoms with van der Waals surface area (Å²) in [6.07, 6.45) is 2.60. The van der Waals surface area contributed by atoms with E-state index in [2.05, 4.69) is 10.2 Å². The standard InChI is InChI=1S/C19H28N2O3/c1-14-11-17(19(23)24-14)20-12-15-7-9-21(10-8-15)13-18(22)16-5-3-2-4-6-16/h2-6,14-15,17-18,20,22H,7-13H2,1H3/t14-,17+,18-/m1/s1. The Bertz CT molecular complexity index is 529. The molecule has 1 aromatic carbocycles. The molecule has 5 heteroatoms. The van der Waals surface area contributed by atoms with E-state index in [1.54, 1.807) is 0 Å². The van der Waals surface area contributed by atoms with Gasteiger partial charge in [-0.2, -0.15) is 0 Å². The second kappa shape index (κ2) is 8.10. The number of aliphatic hydroxyl groups excluding tert-OH is 1. The van der Waals surface area contributed by atoms with Crippen molar-refractivity contribution in [2.45, 2.75) is 44.4 Å². The molecule has 2 fully saturated rings. The summed E-state index contributed by atoms with van der Waals surface area (Å²) in [6.45, 7) is 5.51. The maximum absolute atomic E-state index is 11.6. The number of ether oxygens (including phenoxy) is 1. The molecular weight excluding hydrogens is 304 g/mol. The SMILES string of the molecule is C[C@@H]1C[C@H](NCC2CCN(C[C@@H](O)c3ccccc3)CC2)C(=O)O1. The topological polar surface area (TPSA) is 61.8 Å². The number of nitrogens with zero attached hydrogens (tertiary/aromatic N) is 1. The van der Waals surface area contributed by atoms with E-state index in [0.29, 0.717) is 12.5 Å². The smallest absolute Gasteiger partial charge is 0.323 e. The number of piperidine rings is 1. The third kappa shape index (κ3) is 4.56. The van der Waals surface area contributed by atoms with Gasteiger partial charge < -0.3 is 20.1 Å². The lowest BCUT2D eigenvalue weighted by atomic mass is 9.95. The largest absolute Gasteiger partial charge is 0.461 e. The van der Waals surface area contributed by atoms with Crippen LogP contribution in [0.5, 0.6) is 0 Å². The molecule has 0 aromatic heterocycles. The van der Waals surface area contributed by atoms with Gasteiger partial charge in [-0.3, -0.25) is 4.79 Å². The lowest BCUT2D eigenvalue weighted by molar-refractivity contribution is -0.142. The van der Waals surface area contributed by atoms with Crippen LogP contribution in [0, 0.1) is 5.92 Å². The first-order chi connectivity index (χ1) is 11.6. The van der Waals surface area contributed by atoms with E-state index in [9.17, 15) is 9.90 Å². The van der Waals surface area contributed by atoms with E-state index in [-0.39, 0.29) is 18.1 Å². The van der Waals surface area contributed by atoms with Crippen molar-refractivity contribution in [3.63, 3.8) is 0 Å². The van der Waals surface area contributed by atoms with Gasteiger partial charge in [0.2, 0.25) is 0 Å². The first-order valence-corrected chi connectivity index (χ1v) is 9.01. The zero-order chi connectivity index (χ0) is 16.9. The zero-order valence-corrected chi connectivity index (χ0v) is 14.4. The molecule has 3 rings (SSSR count). The summed E-state index contributed by atoms with van der Waals surface area (Å²) in [5.41, 5.74) is 0.982. The number of β-amino-alcohol motifs (C(OH)–C–C–N with tert-alkyl or cyclic N) is 1. The van der Waals surface area contributed by atoms with Crippen LogP contribution in [0.2, 0.25) is 0 Å². The van der Waals surface area contributed by atoms with Gasteiger partial charge in [-0.15, -0.1) is 0 Å². The van der Waals surface area contributed by atoms with Crippen LogP contribution in [0.25, 0.3) is 0 Å². The highest BCUT2D eigenvalue weighted by atomic mass is 16.6. The van der Waals surface area contributed by atoms with Gasteiger partial charge in [0.15, 0.2) is 0 Å². The Morgan fingerprint density at radius 2 is 2.00 bits per heavy atom. The highest BCUT2D eigenvalue weighted by molar-refractivity contribution is 5.77. The summed E-state index contributed by atoms with van der Waals surface area (Å²) in [5.74, 6) is 0.491. The van der Waals surface area contributed by atoms with Gasteiger partial charge in [-0.25, -0.2) is 0 Å². The molecule has 3 atom stereocenters. The van der Waals surface area contributed by atoms with Crippen molar-refractivity contribution in [1.29, 1.82) is 0 Å². The van der Waals surface area contributed by atoms with Crippen LogP contribution >= 0.6 is 0 Å². The van der Waals surface area contributed by atoms with Crippen LogP contribution in [-0.4, -0.2) is 54.3 Å².